The van der Waals surface area contributed by atoms with Gasteiger partial charge in [-0.2, -0.15) is 4.98 Å². The Labute approximate surface area is 141 Å². The number of hydrogen-bond donors (Lipinski definition) is 1. The molecule has 4 rings (SSSR count). The highest BCUT2D eigenvalue weighted by Gasteiger charge is 2.29. The molecule has 25 heavy (non-hydrogen) atoms. The van der Waals surface area contributed by atoms with Crippen molar-refractivity contribution >= 4 is 11.2 Å². The standard InChI is InChI=1S/C16H16N4O5/c1-19-13-12(14(21)18-15(19)22)20-7-11(25-16(20)17-13)8-24-10-5-3-9(23-2)4-6-10/h3-6,11H,7-8H2,1-2H3,(H,18,21,22)/t11-/m1/s1. The number of aromatic nitrogens is 4. The van der Waals surface area contributed by atoms with E-state index >= 15 is 0 Å². The molecule has 1 aliphatic rings. The van der Waals surface area contributed by atoms with E-state index in [1.807, 2.05) is 24.3 Å². The first-order chi connectivity index (χ1) is 12.1. The van der Waals surface area contributed by atoms with Crippen molar-refractivity contribution in [2.75, 3.05) is 13.7 Å². The molecule has 0 radical (unpaired) electrons. The van der Waals surface area contributed by atoms with E-state index in [0.29, 0.717) is 36.1 Å². The highest BCUT2D eigenvalue weighted by molar-refractivity contribution is 5.72. The Kier molecular flexibility index (Phi) is 3.48. The second-order valence-corrected chi connectivity index (χ2v) is 5.72. The maximum atomic E-state index is 12.1. The fourth-order valence-electron chi connectivity index (χ4n) is 2.81. The number of nitrogens with one attached hydrogen (secondary N) is 1. The number of ether oxygens (including phenoxy) is 3. The number of imidazole rings is 1. The van der Waals surface area contributed by atoms with Gasteiger partial charge in [0.1, 0.15) is 18.1 Å². The highest BCUT2D eigenvalue weighted by atomic mass is 16.6. The third-order valence-electron chi connectivity index (χ3n) is 4.13. The van der Waals surface area contributed by atoms with Crippen LogP contribution >= 0.6 is 0 Å². The summed E-state index contributed by atoms with van der Waals surface area (Å²) >= 11 is 0. The summed E-state index contributed by atoms with van der Waals surface area (Å²) in [6, 6.07) is 7.54. The SMILES string of the molecule is COc1ccc(OC[C@H]2Cn3c(nc4c3c(=O)[nH]c(=O)n4C)O2)cc1. The van der Waals surface area contributed by atoms with Gasteiger partial charge in [-0.05, 0) is 24.3 Å². The van der Waals surface area contributed by atoms with Crippen LogP contribution in [0.5, 0.6) is 17.5 Å². The number of aromatic amines is 1. The molecule has 3 heterocycles. The third kappa shape index (κ3) is 2.53. The third-order valence-corrected chi connectivity index (χ3v) is 4.13. The van der Waals surface area contributed by atoms with E-state index in [2.05, 4.69) is 9.97 Å². The zero-order chi connectivity index (χ0) is 17.6. The predicted molar refractivity (Wildman–Crippen MR) is 88.5 cm³/mol. The summed E-state index contributed by atoms with van der Waals surface area (Å²) in [5, 5.41) is 0. The molecule has 0 bridgehead atoms. The quantitative estimate of drug-likeness (QED) is 0.729. The van der Waals surface area contributed by atoms with E-state index < -0.39 is 11.2 Å². The monoisotopic (exact) mass is 344 g/mol. The summed E-state index contributed by atoms with van der Waals surface area (Å²) in [4.78, 5) is 30.3. The first-order valence-corrected chi connectivity index (χ1v) is 7.70. The number of fused-ring (bicyclic) bond motifs is 3. The van der Waals surface area contributed by atoms with Crippen LogP contribution in [-0.2, 0) is 13.6 Å². The first kappa shape index (κ1) is 15.3. The molecule has 1 atom stereocenters. The molecule has 130 valence electrons. The molecule has 1 aromatic carbocycles. The molecule has 0 unspecified atom stereocenters. The van der Waals surface area contributed by atoms with Crippen LogP contribution < -0.4 is 25.5 Å². The van der Waals surface area contributed by atoms with Crippen LogP contribution in [0.4, 0.5) is 0 Å². The Bertz CT molecular complexity index is 1050. The molecule has 1 aliphatic heterocycles. The van der Waals surface area contributed by atoms with E-state index in [-0.39, 0.29) is 6.10 Å². The van der Waals surface area contributed by atoms with Gasteiger partial charge in [0.05, 0.1) is 13.7 Å². The fraction of sp³-hybridized carbons (Fsp3) is 0.312. The average molecular weight is 344 g/mol. The van der Waals surface area contributed by atoms with Gasteiger partial charge in [-0.25, -0.2) is 4.79 Å². The Morgan fingerprint density at radius 2 is 2.00 bits per heavy atom. The average Bonchev–Trinajstić information content (AvgIpc) is 3.16. The molecule has 0 aliphatic carbocycles. The molecule has 0 saturated carbocycles. The lowest BCUT2D eigenvalue weighted by Crippen LogP contribution is -2.30. The van der Waals surface area contributed by atoms with E-state index in [4.69, 9.17) is 14.2 Å². The largest absolute Gasteiger partial charge is 0.497 e. The predicted octanol–water partition coefficient (Wildman–Crippen LogP) is 0.272. The second kappa shape index (κ2) is 5.69. The zero-order valence-electron chi connectivity index (χ0n) is 13.7. The van der Waals surface area contributed by atoms with Crippen LogP contribution in [0.2, 0.25) is 0 Å². The molecule has 0 spiro atoms. The smallest absolute Gasteiger partial charge is 0.329 e. The maximum Gasteiger partial charge on any atom is 0.329 e. The van der Waals surface area contributed by atoms with Gasteiger partial charge in [-0.15, -0.1) is 0 Å². The van der Waals surface area contributed by atoms with Crippen LogP contribution in [0.1, 0.15) is 0 Å². The summed E-state index contributed by atoms with van der Waals surface area (Å²) in [5.74, 6) is 1.44. The Morgan fingerprint density at radius 3 is 2.72 bits per heavy atom. The van der Waals surface area contributed by atoms with Gasteiger partial charge in [-0.3, -0.25) is 18.9 Å². The van der Waals surface area contributed by atoms with Crippen molar-refractivity contribution in [2.45, 2.75) is 12.6 Å². The Balaban J connectivity index is 1.52. The minimum Gasteiger partial charge on any atom is -0.497 e. The lowest BCUT2D eigenvalue weighted by molar-refractivity contribution is 0.144. The number of rotatable bonds is 4. The van der Waals surface area contributed by atoms with E-state index in [1.54, 1.807) is 18.7 Å². The Morgan fingerprint density at radius 1 is 1.28 bits per heavy atom. The van der Waals surface area contributed by atoms with E-state index in [9.17, 15) is 9.59 Å². The molecule has 3 aromatic rings. The number of hydrogen-bond acceptors (Lipinski definition) is 6. The van der Waals surface area contributed by atoms with Gasteiger partial charge in [-0.1, -0.05) is 0 Å². The Hall–Kier alpha value is -3.23. The molecular formula is C16H16N4O5. The van der Waals surface area contributed by atoms with Crippen molar-refractivity contribution in [3.63, 3.8) is 0 Å². The van der Waals surface area contributed by atoms with Crippen molar-refractivity contribution in [3.05, 3.63) is 45.1 Å². The van der Waals surface area contributed by atoms with E-state index in [0.717, 1.165) is 5.75 Å². The van der Waals surface area contributed by atoms with Crippen LogP contribution in [0.3, 0.4) is 0 Å². The number of nitrogens with zero attached hydrogens (tertiary/aromatic N) is 3. The lowest BCUT2D eigenvalue weighted by Gasteiger charge is -2.12. The topological polar surface area (TPSA) is 100 Å². The van der Waals surface area contributed by atoms with Gasteiger partial charge < -0.3 is 14.2 Å². The lowest BCUT2D eigenvalue weighted by atomic mass is 10.3. The summed E-state index contributed by atoms with van der Waals surface area (Å²) in [6.07, 6.45) is -0.273. The zero-order valence-corrected chi connectivity index (χ0v) is 13.7. The minimum atomic E-state index is -0.506. The number of H-pyrrole nitrogens is 1. The summed E-state index contributed by atoms with van der Waals surface area (Å²) in [6.45, 7) is 0.726. The molecule has 1 N–H and O–H groups in total. The van der Waals surface area contributed by atoms with Gasteiger partial charge in [0.15, 0.2) is 17.3 Å². The van der Waals surface area contributed by atoms with Crippen molar-refractivity contribution in [1.29, 1.82) is 0 Å². The summed E-state index contributed by atoms with van der Waals surface area (Å²) in [5.41, 5.74) is -0.354. The van der Waals surface area contributed by atoms with Crippen LogP contribution in [0.25, 0.3) is 11.2 Å². The second-order valence-electron chi connectivity index (χ2n) is 5.72. The molecule has 9 nitrogen and oxygen atoms in total. The number of aryl methyl sites for hydroxylation is 1. The van der Waals surface area contributed by atoms with E-state index in [1.165, 1.54) is 4.57 Å². The maximum absolute atomic E-state index is 12.1. The van der Waals surface area contributed by atoms with Crippen molar-refractivity contribution < 1.29 is 14.2 Å². The number of benzene rings is 1. The number of methoxy groups -OCH3 is 1. The van der Waals surface area contributed by atoms with Gasteiger partial charge >= 0.3 is 5.69 Å². The van der Waals surface area contributed by atoms with Crippen molar-refractivity contribution in [2.24, 2.45) is 7.05 Å². The molecule has 2 aromatic heterocycles. The summed E-state index contributed by atoms with van der Waals surface area (Å²) in [7, 11) is 3.15. The molecule has 0 saturated heterocycles. The molecule has 9 heteroatoms. The van der Waals surface area contributed by atoms with Gasteiger partial charge in [0.2, 0.25) is 0 Å². The summed E-state index contributed by atoms with van der Waals surface area (Å²) < 4.78 is 19.5. The van der Waals surface area contributed by atoms with Crippen LogP contribution in [-0.4, -0.2) is 38.9 Å². The minimum absolute atomic E-state index is 0.273. The van der Waals surface area contributed by atoms with Crippen LogP contribution in [0, 0.1) is 0 Å². The van der Waals surface area contributed by atoms with Crippen LogP contribution in [0.15, 0.2) is 33.9 Å². The molecule has 0 fully saturated rings. The molecule has 0 amide bonds. The highest BCUT2D eigenvalue weighted by Crippen LogP contribution is 2.25. The fourth-order valence-corrected chi connectivity index (χ4v) is 2.81. The van der Waals surface area contributed by atoms with Gasteiger partial charge in [0, 0.05) is 7.05 Å². The van der Waals surface area contributed by atoms with Gasteiger partial charge in [0.25, 0.3) is 11.6 Å². The normalized spacial score (nSPS) is 15.8. The van der Waals surface area contributed by atoms with Crippen molar-refractivity contribution in [3.8, 4) is 17.5 Å². The molecular weight excluding hydrogens is 328 g/mol. The first-order valence-electron chi connectivity index (χ1n) is 7.70. The van der Waals surface area contributed by atoms with Crippen molar-refractivity contribution in [1.82, 2.24) is 19.1 Å².